The summed E-state index contributed by atoms with van der Waals surface area (Å²) in [6, 6.07) is 24.5. The van der Waals surface area contributed by atoms with Crippen LogP contribution in [0.2, 0.25) is 0 Å². The number of nitrogens with one attached hydrogen (secondary N) is 4. The largest absolute Gasteiger partial charge is 0.367 e. The van der Waals surface area contributed by atoms with Gasteiger partial charge in [0.15, 0.2) is 27.8 Å². The highest BCUT2D eigenvalue weighted by Gasteiger charge is 2.36. The Bertz CT molecular complexity index is 3080. The summed E-state index contributed by atoms with van der Waals surface area (Å²) in [5.74, 6) is 7.11. The van der Waals surface area contributed by atoms with Crippen LogP contribution < -0.4 is 32.1 Å². The van der Waals surface area contributed by atoms with Crippen LogP contribution in [-0.2, 0) is 16.1 Å². The van der Waals surface area contributed by atoms with Crippen molar-refractivity contribution in [2.24, 2.45) is 21.9 Å². The zero-order valence-corrected chi connectivity index (χ0v) is 41.2. The van der Waals surface area contributed by atoms with Gasteiger partial charge in [-0.3, -0.25) is 19.8 Å². The third-order valence-corrected chi connectivity index (χ3v) is 14.0. The maximum Gasteiger partial charge on any atom is 0.303 e. The molecular weight excluding hydrogens is 957 g/mol. The summed E-state index contributed by atoms with van der Waals surface area (Å²) in [5.41, 5.74) is 15.0. The van der Waals surface area contributed by atoms with Crippen molar-refractivity contribution >= 4 is 90.8 Å². The monoisotopic (exact) mass is 1010 g/mol. The van der Waals surface area contributed by atoms with Crippen LogP contribution in [0.25, 0.3) is 22.4 Å². The molecule has 3 amide bonds. The molecular formula is C49H50N16O3S3. The smallest absolute Gasteiger partial charge is 0.303 e. The molecule has 6 heterocycles. The number of hydrogen-bond donors (Lipinski definition) is 5. The molecule has 0 saturated carbocycles. The molecule has 1 saturated heterocycles. The number of benzene rings is 3. The molecule has 71 heavy (non-hydrogen) atoms. The van der Waals surface area contributed by atoms with Crippen LogP contribution in [0, 0.1) is 17.8 Å². The fourth-order valence-electron chi connectivity index (χ4n) is 7.74. The molecule has 2 aliphatic rings. The van der Waals surface area contributed by atoms with Crippen LogP contribution in [0.4, 0.5) is 16.1 Å². The van der Waals surface area contributed by atoms with Gasteiger partial charge in [-0.2, -0.15) is 15.2 Å². The molecule has 0 bridgehead atoms. The lowest BCUT2D eigenvalue weighted by atomic mass is 9.96. The van der Waals surface area contributed by atoms with Gasteiger partial charge in [0.25, 0.3) is 5.91 Å². The SMILES string of the molecule is CCCSc1nc(NCCN)c2nnn(Cc3ccc(C#CCNC(=O)C4CCN(CCNC(=O)c5ccc(-c6csc(N7N=C(c8ccccc8)/C(=N\Nc8nccs8)C7=O)n6)cc5)CC4)cc3)c2n1. The van der Waals surface area contributed by atoms with Gasteiger partial charge in [0.1, 0.15) is 5.71 Å². The first kappa shape index (κ1) is 48.6. The van der Waals surface area contributed by atoms with Gasteiger partial charge in [-0.25, -0.2) is 24.6 Å². The number of aromatic nitrogens is 7. The molecule has 6 N–H and O–H groups in total. The molecule has 0 spiro atoms. The van der Waals surface area contributed by atoms with Crippen molar-refractivity contribution in [3.63, 3.8) is 0 Å². The number of hydrogen-bond acceptors (Lipinski definition) is 18. The zero-order chi connectivity index (χ0) is 48.9. The molecule has 0 aliphatic carbocycles. The lowest BCUT2D eigenvalue weighted by Gasteiger charge is -2.31. The standard InChI is InChI=1S/C49H50N16O3S3/c1-2-28-69-48-56-42(51-22-20-50)41-43(57-48)64(62-59-41)30-33-12-10-32(11-13-33)7-6-21-52-45(67)37-18-25-63(26-19-37)27-23-53-44(66)36-16-14-34(15-17-36)38-31-71-49(55-38)65-46(68)40(58-60-47-54-24-29-70-47)39(61-65)35-8-4-3-5-9-35/h3-5,8-17,24,29,31,37H,2,18-23,25-28,30,50H2,1H3,(H,52,67)(H,53,66)(H,54,60)(H,51,56,57)/b58-40+. The van der Waals surface area contributed by atoms with Crippen LogP contribution in [0.5, 0.6) is 0 Å². The third kappa shape index (κ3) is 12.1. The molecule has 0 radical (unpaired) electrons. The Hall–Kier alpha value is -7.42. The predicted molar refractivity (Wildman–Crippen MR) is 280 cm³/mol. The molecule has 19 nitrogen and oxygen atoms in total. The number of carbonyl (C=O) groups is 3. The summed E-state index contributed by atoms with van der Waals surface area (Å²) < 4.78 is 1.78. The number of rotatable bonds is 19. The van der Waals surface area contributed by atoms with Gasteiger partial charge in [-0.05, 0) is 62.2 Å². The summed E-state index contributed by atoms with van der Waals surface area (Å²) in [7, 11) is 0. The summed E-state index contributed by atoms with van der Waals surface area (Å²) in [5, 5.41) is 33.5. The average Bonchev–Trinajstić information content (AvgIpc) is 4.25. The summed E-state index contributed by atoms with van der Waals surface area (Å²) in [4.78, 5) is 60.3. The molecule has 0 atom stereocenters. The van der Waals surface area contributed by atoms with Gasteiger partial charge in [0.05, 0.1) is 18.8 Å². The van der Waals surface area contributed by atoms with E-state index in [2.05, 4.69) is 75.5 Å². The van der Waals surface area contributed by atoms with E-state index in [1.807, 2.05) is 77.5 Å². The van der Waals surface area contributed by atoms with E-state index >= 15 is 0 Å². The van der Waals surface area contributed by atoms with Gasteiger partial charge in [-0.15, -0.1) is 27.8 Å². The molecule has 3 aromatic carbocycles. The van der Waals surface area contributed by atoms with Crippen molar-refractivity contribution in [2.75, 3.05) is 67.3 Å². The van der Waals surface area contributed by atoms with Gasteiger partial charge in [-0.1, -0.05) is 90.3 Å². The third-order valence-electron chi connectivity index (χ3n) is 11.4. The number of anilines is 3. The van der Waals surface area contributed by atoms with Crippen LogP contribution in [0.15, 0.2) is 111 Å². The first-order chi connectivity index (χ1) is 34.8. The normalized spacial score (nSPS) is 14.6. The number of thioether (sulfide) groups is 1. The number of nitrogens with zero attached hydrogens (tertiary/aromatic N) is 11. The molecule has 1 fully saturated rings. The summed E-state index contributed by atoms with van der Waals surface area (Å²) in [6.45, 7) is 6.58. The Morgan fingerprint density at radius 2 is 1.76 bits per heavy atom. The Morgan fingerprint density at radius 1 is 0.944 bits per heavy atom. The lowest BCUT2D eigenvalue weighted by Crippen LogP contribution is -2.43. The van der Waals surface area contributed by atoms with E-state index in [4.69, 9.17) is 15.7 Å². The number of likely N-dealkylation sites (tertiary alicyclic amines) is 1. The number of carbonyl (C=O) groups excluding carboxylic acids is 3. The highest BCUT2D eigenvalue weighted by molar-refractivity contribution is 7.99. The van der Waals surface area contributed by atoms with Crippen molar-refractivity contribution in [1.82, 2.24) is 50.5 Å². The number of fused-ring (bicyclic) bond motifs is 1. The molecule has 0 unspecified atom stereocenters. The maximum absolute atomic E-state index is 13.6. The second kappa shape index (κ2) is 23.5. The zero-order valence-electron chi connectivity index (χ0n) is 38.7. The molecule has 9 rings (SSSR count). The lowest BCUT2D eigenvalue weighted by molar-refractivity contribution is -0.126. The highest BCUT2D eigenvalue weighted by atomic mass is 32.2. The second-order valence-corrected chi connectivity index (χ2v) is 19.2. The summed E-state index contributed by atoms with van der Waals surface area (Å²) in [6.07, 6.45) is 4.13. The fourth-order valence-corrected chi connectivity index (χ4v) is 9.68. The van der Waals surface area contributed by atoms with Gasteiger partial charge < -0.3 is 26.6 Å². The maximum atomic E-state index is 13.6. The van der Waals surface area contributed by atoms with E-state index in [0.717, 1.165) is 60.4 Å². The molecule has 2 aliphatic heterocycles. The van der Waals surface area contributed by atoms with Crippen LogP contribution in [0.1, 0.15) is 53.2 Å². The molecule has 7 aromatic rings. The van der Waals surface area contributed by atoms with Gasteiger partial charge >= 0.3 is 5.91 Å². The topological polar surface area (TPSA) is 239 Å². The number of nitrogens with two attached hydrogens (primary N) is 1. The van der Waals surface area contributed by atoms with Gasteiger partial charge in [0.2, 0.25) is 16.2 Å². The Kier molecular flexibility index (Phi) is 16.1. The summed E-state index contributed by atoms with van der Waals surface area (Å²) >= 11 is 4.25. The van der Waals surface area contributed by atoms with E-state index in [9.17, 15) is 14.4 Å². The highest BCUT2D eigenvalue weighted by Crippen LogP contribution is 2.31. The van der Waals surface area contributed by atoms with Crippen LogP contribution >= 0.6 is 34.4 Å². The fraction of sp³-hybridized carbons (Fsp3) is 0.286. The average molecular weight is 1010 g/mol. The van der Waals surface area contributed by atoms with Crippen molar-refractivity contribution in [3.05, 3.63) is 118 Å². The Labute approximate surface area is 421 Å². The molecule has 22 heteroatoms. The van der Waals surface area contributed by atoms with Crippen molar-refractivity contribution < 1.29 is 14.4 Å². The Balaban J connectivity index is 0.696. The minimum absolute atomic E-state index is 0.0104. The van der Waals surface area contributed by atoms with Gasteiger partial charge in [0, 0.05) is 77.1 Å². The first-order valence-corrected chi connectivity index (χ1v) is 25.9. The van der Waals surface area contributed by atoms with E-state index in [1.54, 1.807) is 34.8 Å². The first-order valence-electron chi connectivity index (χ1n) is 23.2. The molecule has 362 valence electrons. The molecule has 4 aromatic heterocycles. The minimum Gasteiger partial charge on any atom is -0.367 e. The van der Waals surface area contributed by atoms with Crippen molar-refractivity contribution in [1.29, 1.82) is 0 Å². The quantitative estimate of drug-likeness (QED) is 0.0289. The van der Waals surface area contributed by atoms with E-state index < -0.39 is 5.91 Å². The van der Waals surface area contributed by atoms with E-state index in [-0.39, 0.29) is 30.0 Å². The Morgan fingerprint density at radius 3 is 2.52 bits per heavy atom. The van der Waals surface area contributed by atoms with Crippen molar-refractivity contribution in [3.8, 4) is 23.1 Å². The number of thiazole rings is 2. The van der Waals surface area contributed by atoms with E-state index in [0.29, 0.717) is 82.1 Å². The van der Waals surface area contributed by atoms with E-state index in [1.165, 1.54) is 27.7 Å². The predicted octanol–water partition coefficient (Wildman–Crippen LogP) is 5.55. The number of piperidine rings is 1. The minimum atomic E-state index is -0.414. The number of amides is 3. The number of hydrazone groups is 2. The van der Waals surface area contributed by atoms with Crippen molar-refractivity contribution in [2.45, 2.75) is 37.9 Å². The second-order valence-electron chi connectivity index (χ2n) is 16.4. The van der Waals surface area contributed by atoms with Crippen LogP contribution in [-0.4, -0.2) is 121 Å². The van der Waals surface area contributed by atoms with Crippen LogP contribution in [0.3, 0.4) is 0 Å².